The molecule has 104 valence electrons. The van der Waals surface area contributed by atoms with E-state index in [1.165, 1.54) is 0 Å². The zero-order chi connectivity index (χ0) is 14.5. The second kappa shape index (κ2) is 3.61. The maximum absolute atomic E-state index is 12.0. The molecule has 0 nitrogen and oxygen atoms in total. The second-order valence-electron chi connectivity index (χ2n) is 2.84. The second-order valence-corrected chi connectivity index (χ2v) is 2.84. The van der Waals surface area contributed by atoms with E-state index < -0.39 is 30.8 Å². The zero-order valence-corrected chi connectivity index (χ0v) is 7.11. The van der Waals surface area contributed by atoms with Gasteiger partial charge in [0, 0.05) is 0 Å². The van der Waals surface area contributed by atoms with Crippen LogP contribution < -0.4 is 0 Å². The van der Waals surface area contributed by atoms with E-state index in [1.54, 1.807) is 0 Å². The van der Waals surface area contributed by atoms with Crippen molar-refractivity contribution in [3.63, 3.8) is 0 Å². The summed E-state index contributed by atoms with van der Waals surface area (Å²) in [4.78, 5) is 0. The molecular weight excluding hydrogens is 287 g/mol. The van der Waals surface area contributed by atoms with Crippen LogP contribution in [0.5, 0.6) is 0 Å². The van der Waals surface area contributed by atoms with Crippen LogP contribution in [-0.2, 0) is 0 Å². The molecule has 0 unspecified atom stereocenters. The van der Waals surface area contributed by atoms with Crippen molar-refractivity contribution in [3.05, 3.63) is 0 Å². The van der Waals surface area contributed by atoms with Crippen LogP contribution in [0.4, 0.5) is 52.5 Å². The van der Waals surface area contributed by atoms with Gasteiger partial charge in [0.15, 0.2) is 0 Å². The molecule has 0 atom stereocenters. The minimum Gasteiger partial charge on any atom is -0.445 e. The number of rotatable bonds is 3. The monoisotopic (exact) mass is 288 g/mol. The smallest absolute Gasteiger partial charge is 0.445 e. The number of hydrogen-bond donors (Lipinski definition) is 0. The Labute approximate surface area is 86.1 Å². The quantitative estimate of drug-likeness (QED) is 0.545. The van der Waals surface area contributed by atoms with Crippen molar-refractivity contribution in [2.24, 2.45) is 0 Å². The van der Waals surface area contributed by atoms with Gasteiger partial charge >= 0.3 is 26.4 Å². The summed E-state index contributed by atoms with van der Waals surface area (Å²) in [7, 11) is 0. The minimum absolute atomic E-state index is 0. The average Bonchev–Trinajstić information content (AvgIpc) is 1.98. The molecule has 0 heterocycles. The molecule has 0 rings (SSSR count). The highest BCUT2D eigenvalue weighted by molar-refractivity contribution is 6.61. The van der Waals surface area contributed by atoms with Crippen LogP contribution in [0.1, 0.15) is 1.43 Å². The van der Waals surface area contributed by atoms with E-state index in [1.807, 2.05) is 0 Å². The molecule has 0 amide bonds. The lowest BCUT2D eigenvalue weighted by Crippen LogP contribution is -2.67. The molecule has 17 heavy (non-hydrogen) atoms. The predicted molar refractivity (Wildman–Crippen MR) is 31.1 cm³/mol. The summed E-state index contributed by atoms with van der Waals surface area (Å²) >= 11 is 0. The fourth-order valence-corrected chi connectivity index (χ4v) is 0.593. The molecule has 0 spiro atoms. The molecule has 0 radical (unpaired) electrons. The van der Waals surface area contributed by atoms with E-state index in [4.69, 9.17) is 0 Å². The largest absolute Gasteiger partial charge is 1.00 e. The van der Waals surface area contributed by atoms with Crippen molar-refractivity contribution < 1.29 is 53.9 Å². The Kier molecular flexibility index (Phi) is 3.44. The SMILES string of the molecule is F[B-](F)(F)C(F)(F)C(F)(F)C(F)(F)C(F)(F)F.[H+]. The molecule has 0 aliphatic heterocycles. The molecule has 0 aromatic carbocycles. The fourth-order valence-electron chi connectivity index (χ4n) is 0.593. The van der Waals surface area contributed by atoms with Crippen molar-refractivity contribution in [1.29, 1.82) is 0 Å². The van der Waals surface area contributed by atoms with Crippen LogP contribution >= 0.6 is 0 Å². The Morgan fingerprint density at radius 3 is 1.06 bits per heavy atom. The topological polar surface area (TPSA) is 0 Å². The Morgan fingerprint density at radius 1 is 0.588 bits per heavy atom. The van der Waals surface area contributed by atoms with Gasteiger partial charge in [-0.25, -0.2) is 8.78 Å². The van der Waals surface area contributed by atoms with Gasteiger partial charge < -0.3 is 12.9 Å². The van der Waals surface area contributed by atoms with Crippen LogP contribution in [0.25, 0.3) is 0 Å². The van der Waals surface area contributed by atoms with E-state index in [0.717, 1.165) is 0 Å². The van der Waals surface area contributed by atoms with Crippen molar-refractivity contribution in [2.45, 2.75) is 23.8 Å². The lowest BCUT2D eigenvalue weighted by Gasteiger charge is -2.38. The fraction of sp³-hybridized carbons (Fsp3) is 1.00. The van der Waals surface area contributed by atoms with Gasteiger partial charge in [-0.1, -0.05) is 0 Å². The summed E-state index contributed by atoms with van der Waals surface area (Å²) in [6.07, 6.45) is -7.25. The lowest BCUT2D eigenvalue weighted by molar-refractivity contribution is -0.386. The highest BCUT2D eigenvalue weighted by atomic mass is 19.4. The third-order valence-corrected chi connectivity index (χ3v) is 1.58. The van der Waals surface area contributed by atoms with Crippen LogP contribution in [-0.4, -0.2) is 30.8 Å². The van der Waals surface area contributed by atoms with Crippen molar-refractivity contribution in [2.75, 3.05) is 0 Å². The summed E-state index contributed by atoms with van der Waals surface area (Å²) in [6, 6.07) is 0. The van der Waals surface area contributed by atoms with Gasteiger partial charge in [-0.05, 0) is 0 Å². The molecule has 0 fully saturated rings. The van der Waals surface area contributed by atoms with Gasteiger partial charge in [-0.15, -0.1) is 0 Å². The van der Waals surface area contributed by atoms with Gasteiger partial charge in [0.2, 0.25) is 0 Å². The van der Waals surface area contributed by atoms with Crippen molar-refractivity contribution in [3.8, 4) is 0 Å². The molecule has 0 aliphatic carbocycles. The van der Waals surface area contributed by atoms with Gasteiger partial charge in [0.05, 0.1) is 0 Å². The summed E-state index contributed by atoms with van der Waals surface area (Å²) < 4.78 is 140. The Balaban J connectivity index is 0. The first-order valence-corrected chi connectivity index (χ1v) is 3.39. The lowest BCUT2D eigenvalue weighted by atomic mass is 9.74. The summed E-state index contributed by atoms with van der Waals surface area (Å²) in [5.74, 6) is -22.6. The first kappa shape index (κ1) is 16.2. The van der Waals surface area contributed by atoms with Gasteiger partial charge in [-0.3, -0.25) is 0 Å². The van der Waals surface area contributed by atoms with E-state index >= 15 is 0 Å². The molecule has 0 saturated carbocycles. The Hall–Kier alpha value is -0.775. The first-order chi connectivity index (χ1) is 7.00. The van der Waals surface area contributed by atoms with E-state index in [2.05, 4.69) is 0 Å². The number of hydrogen-bond acceptors (Lipinski definition) is 0. The molecular formula is C4HBF12. The maximum atomic E-state index is 12.0. The van der Waals surface area contributed by atoms with Gasteiger partial charge in [-0.2, -0.15) is 30.7 Å². The van der Waals surface area contributed by atoms with E-state index in [9.17, 15) is 52.5 Å². The third-order valence-electron chi connectivity index (χ3n) is 1.58. The van der Waals surface area contributed by atoms with Crippen LogP contribution in [0.3, 0.4) is 0 Å². The molecule has 0 N–H and O–H groups in total. The molecule has 0 aliphatic rings. The number of halogens is 12. The standard InChI is InChI=1S/C4BF12/c6-1(7,2(8,9)4(12,13)14)3(10,11)5(15,16)17/q-1/p+1. The summed E-state index contributed by atoms with van der Waals surface area (Å²) in [6.45, 7) is -7.94. The summed E-state index contributed by atoms with van der Waals surface area (Å²) in [5.41, 5.74) is 0. The normalized spacial score (nSPS) is 16.2. The van der Waals surface area contributed by atoms with Gasteiger partial charge in [0.25, 0.3) is 5.82 Å². The van der Waals surface area contributed by atoms with Crippen LogP contribution in [0.15, 0.2) is 0 Å². The number of alkyl halides is 9. The molecule has 0 bridgehead atoms. The molecule has 0 saturated heterocycles. The van der Waals surface area contributed by atoms with E-state index in [-0.39, 0.29) is 1.43 Å². The van der Waals surface area contributed by atoms with E-state index in [0.29, 0.717) is 0 Å². The Morgan fingerprint density at radius 2 is 0.882 bits per heavy atom. The van der Waals surface area contributed by atoms with Crippen molar-refractivity contribution >= 4 is 6.98 Å². The van der Waals surface area contributed by atoms with Crippen LogP contribution in [0.2, 0.25) is 0 Å². The third kappa shape index (κ3) is 2.15. The highest BCUT2D eigenvalue weighted by Gasteiger charge is 2.84. The first-order valence-electron chi connectivity index (χ1n) is 3.39. The predicted octanol–water partition coefficient (Wildman–Crippen LogP) is 3.95. The molecule has 0 aromatic rings. The average molecular weight is 288 g/mol. The highest BCUT2D eigenvalue weighted by Crippen LogP contribution is 2.56. The Bertz CT molecular complexity index is 259. The maximum Gasteiger partial charge on any atom is 1.00 e. The van der Waals surface area contributed by atoms with Gasteiger partial charge in [0.1, 0.15) is 0 Å². The minimum atomic E-state index is -7.94. The molecule has 13 heteroatoms. The van der Waals surface area contributed by atoms with Crippen LogP contribution in [0, 0.1) is 0 Å². The summed E-state index contributed by atoms with van der Waals surface area (Å²) in [5, 5.41) is 0. The zero-order valence-electron chi connectivity index (χ0n) is 8.11. The molecule has 0 aromatic heterocycles. The van der Waals surface area contributed by atoms with Crippen molar-refractivity contribution in [1.82, 2.24) is 0 Å².